The minimum atomic E-state index is -1.53. The topological polar surface area (TPSA) is 53.6 Å². The maximum Gasteiger partial charge on any atom is 0.526 e. The van der Waals surface area contributed by atoms with Crippen LogP contribution in [0.3, 0.4) is 0 Å². The zero-order valence-corrected chi connectivity index (χ0v) is 11.9. The van der Waals surface area contributed by atoms with Gasteiger partial charge in [-0.05, 0) is 22.9 Å². The highest BCUT2D eigenvalue weighted by molar-refractivity contribution is 6.57. The van der Waals surface area contributed by atoms with E-state index in [0.29, 0.717) is 5.58 Å². The fourth-order valence-electron chi connectivity index (χ4n) is 2.26. The van der Waals surface area contributed by atoms with Crippen molar-refractivity contribution >= 4 is 34.5 Å². The summed E-state index contributed by atoms with van der Waals surface area (Å²) in [5, 5.41) is 21.1. The van der Waals surface area contributed by atoms with Crippen molar-refractivity contribution in [2.24, 2.45) is 0 Å². The number of benzene rings is 3. The molecule has 4 rings (SSSR count). The number of hydrogen-bond donors (Lipinski definition) is 2. The van der Waals surface area contributed by atoms with Gasteiger partial charge in [0.2, 0.25) is 0 Å². The van der Waals surface area contributed by atoms with Crippen LogP contribution in [0.15, 0.2) is 83.3 Å². The first-order chi connectivity index (χ1) is 10.7. The lowest BCUT2D eigenvalue weighted by Gasteiger charge is -1.92. The first-order valence-electron chi connectivity index (χ1n) is 7.02. The molecule has 0 amide bonds. The lowest BCUT2D eigenvalue weighted by Crippen LogP contribution is -2.27. The van der Waals surface area contributed by atoms with E-state index in [1.54, 1.807) is 12.1 Å². The molecule has 2 N–H and O–H groups in total. The molecule has 0 radical (unpaired) electrons. The molecule has 0 aliphatic rings. The SMILES string of the molecule is OB(O)c1cc2ccccc2o1.c1ccc2ccccc2c1. The zero-order chi connectivity index (χ0) is 15.4. The first kappa shape index (κ1) is 14.4. The second-order valence-electron chi connectivity index (χ2n) is 4.91. The standard InChI is InChI=1S/C10H8.C8H7BO3/c1-2-6-10-8-4-3-7-9(10)5-1;10-9(11)8-5-6-3-1-2-4-7(6)12-8/h1-8H;1-5,10-11H. The van der Waals surface area contributed by atoms with Gasteiger partial charge in [0, 0.05) is 5.39 Å². The van der Waals surface area contributed by atoms with Crippen LogP contribution in [0.1, 0.15) is 0 Å². The summed E-state index contributed by atoms with van der Waals surface area (Å²) in [6, 6.07) is 25.7. The van der Waals surface area contributed by atoms with Gasteiger partial charge < -0.3 is 14.5 Å². The Labute approximate surface area is 128 Å². The molecular formula is C18H15BO3. The smallest absolute Gasteiger partial charge is 0.465 e. The van der Waals surface area contributed by atoms with Gasteiger partial charge in [-0.25, -0.2) is 0 Å². The maximum absolute atomic E-state index is 8.79. The van der Waals surface area contributed by atoms with Gasteiger partial charge in [0.1, 0.15) is 11.2 Å². The van der Waals surface area contributed by atoms with Crippen molar-refractivity contribution in [1.29, 1.82) is 0 Å². The predicted octanol–water partition coefficient (Wildman–Crippen LogP) is 2.95. The van der Waals surface area contributed by atoms with Crippen LogP contribution in [0.2, 0.25) is 0 Å². The third-order valence-electron chi connectivity index (χ3n) is 3.36. The van der Waals surface area contributed by atoms with Crippen LogP contribution in [0.5, 0.6) is 0 Å². The second kappa shape index (κ2) is 6.47. The van der Waals surface area contributed by atoms with Gasteiger partial charge in [-0.15, -0.1) is 0 Å². The molecule has 1 heterocycles. The fourth-order valence-corrected chi connectivity index (χ4v) is 2.26. The maximum atomic E-state index is 8.79. The number of furan rings is 1. The summed E-state index contributed by atoms with van der Waals surface area (Å²) in [4.78, 5) is 0. The Bertz CT molecular complexity index is 785. The molecule has 0 saturated heterocycles. The Hall–Kier alpha value is -2.56. The van der Waals surface area contributed by atoms with Crippen LogP contribution in [0.4, 0.5) is 0 Å². The summed E-state index contributed by atoms with van der Waals surface area (Å²) in [5.74, 6) is 0. The van der Waals surface area contributed by atoms with E-state index in [0.717, 1.165) is 5.39 Å². The summed E-state index contributed by atoms with van der Waals surface area (Å²) in [5.41, 5.74) is 0.844. The highest BCUT2D eigenvalue weighted by Crippen LogP contribution is 2.12. The van der Waals surface area contributed by atoms with Crippen molar-refractivity contribution in [2.45, 2.75) is 0 Å². The molecule has 1 aromatic heterocycles. The zero-order valence-electron chi connectivity index (χ0n) is 11.9. The van der Waals surface area contributed by atoms with Crippen LogP contribution in [0, 0.1) is 0 Å². The summed E-state index contributed by atoms with van der Waals surface area (Å²) >= 11 is 0. The van der Waals surface area contributed by atoms with E-state index in [-0.39, 0.29) is 5.66 Å². The minimum Gasteiger partial charge on any atom is -0.465 e. The van der Waals surface area contributed by atoms with E-state index in [1.165, 1.54) is 10.8 Å². The summed E-state index contributed by atoms with van der Waals surface area (Å²) in [6.45, 7) is 0. The van der Waals surface area contributed by atoms with Gasteiger partial charge in [0.15, 0.2) is 0 Å². The number of hydrogen-bond acceptors (Lipinski definition) is 3. The molecule has 0 bridgehead atoms. The van der Waals surface area contributed by atoms with Crippen LogP contribution in [0.25, 0.3) is 21.7 Å². The Morgan fingerprint density at radius 3 is 1.55 bits per heavy atom. The Morgan fingerprint density at radius 1 is 0.636 bits per heavy atom. The van der Waals surface area contributed by atoms with Gasteiger partial charge in [0.25, 0.3) is 0 Å². The molecule has 0 unspecified atom stereocenters. The van der Waals surface area contributed by atoms with Crippen molar-refractivity contribution in [3.05, 3.63) is 78.9 Å². The highest BCUT2D eigenvalue weighted by Gasteiger charge is 2.16. The van der Waals surface area contributed by atoms with Crippen LogP contribution >= 0.6 is 0 Å². The van der Waals surface area contributed by atoms with Crippen LogP contribution < -0.4 is 5.66 Å². The first-order valence-corrected chi connectivity index (χ1v) is 7.02. The average molecular weight is 290 g/mol. The molecule has 0 saturated carbocycles. The Balaban J connectivity index is 0.000000133. The Morgan fingerprint density at radius 2 is 1.09 bits per heavy atom. The molecule has 3 aromatic carbocycles. The molecule has 108 valence electrons. The molecule has 22 heavy (non-hydrogen) atoms. The highest BCUT2D eigenvalue weighted by atomic mass is 16.4. The number of fused-ring (bicyclic) bond motifs is 2. The van der Waals surface area contributed by atoms with E-state index in [2.05, 4.69) is 48.5 Å². The number of para-hydroxylation sites is 1. The molecular weight excluding hydrogens is 275 g/mol. The minimum absolute atomic E-state index is 0.177. The lowest BCUT2D eigenvalue weighted by molar-refractivity contribution is 0.412. The van der Waals surface area contributed by atoms with E-state index in [9.17, 15) is 0 Å². The van der Waals surface area contributed by atoms with Gasteiger partial charge in [-0.1, -0.05) is 66.7 Å². The van der Waals surface area contributed by atoms with E-state index in [1.807, 2.05) is 18.2 Å². The van der Waals surface area contributed by atoms with Crippen molar-refractivity contribution in [2.75, 3.05) is 0 Å². The largest absolute Gasteiger partial charge is 0.526 e. The van der Waals surface area contributed by atoms with Crippen molar-refractivity contribution in [1.82, 2.24) is 0 Å². The quantitative estimate of drug-likeness (QED) is 0.530. The van der Waals surface area contributed by atoms with Gasteiger partial charge >= 0.3 is 7.12 Å². The normalized spacial score (nSPS) is 10.3. The van der Waals surface area contributed by atoms with E-state index in [4.69, 9.17) is 14.5 Å². The summed E-state index contributed by atoms with van der Waals surface area (Å²) in [7, 11) is -1.53. The predicted molar refractivity (Wildman–Crippen MR) is 90.0 cm³/mol. The van der Waals surface area contributed by atoms with Crippen LogP contribution in [-0.2, 0) is 0 Å². The summed E-state index contributed by atoms with van der Waals surface area (Å²) in [6.07, 6.45) is 0. The number of rotatable bonds is 1. The molecule has 0 spiro atoms. The Kier molecular flexibility index (Phi) is 4.23. The average Bonchev–Trinajstić information content (AvgIpc) is 3.00. The van der Waals surface area contributed by atoms with Gasteiger partial charge in [0.05, 0.1) is 0 Å². The monoisotopic (exact) mass is 290 g/mol. The van der Waals surface area contributed by atoms with Gasteiger partial charge in [-0.2, -0.15) is 0 Å². The molecule has 0 atom stereocenters. The second-order valence-corrected chi connectivity index (χ2v) is 4.91. The van der Waals surface area contributed by atoms with E-state index >= 15 is 0 Å². The molecule has 0 fully saturated rings. The van der Waals surface area contributed by atoms with Crippen molar-refractivity contribution in [3.63, 3.8) is 0 Å². The fraction of sp³-hybridized carbons (Fsp3) is 0. The van der Waals surface area contributed by atoms with E-state index < -0.39 is 7.12 Å². The molecule has 4 aromatic rings. The molecule has 0 aliphatic heterocycles. The van der Waals surface area contributed by atoms with Gasteiger partial charge in [-0.3, -0.25) is 0 Å². The summed E-state index contributed by atoms with van der Waals surface area (Å²) < 4.78 is 5.13. The molecule has 0 aliphatic carbocycles. The van der Waals surface area contributed by atoms with Crippen molar-refractivity contribution in [3.8, 4) is 0 Å². The van der Waals surface area contributed by atoms with Crippen molar-refractivity contribution < 1.29 is 14.5 Å². The third kappa shape index (κ3) is 3.19. The lowest BCUT2D eigenvalue weighted by atomic mass is 9.88. The third-order valence-corrected chi connectivity index (χ3v) is 3.36. The van der Waals surface area contributed by atoms with Crippen LogP contribution in [-0.4, -0.2) is 17.2 Å². The molecule has 3 nitrogen and oxygen atoms in total. The molecule has 4 heteroatoms.